The molecule has 0 aliphatic carbocycles. The monoisotopic (exact) mass is 416 g/mol. The maximum atomic E-state index is 13.6. The maximum Gasteiger partial charge on any atom is 0.418 e. The zero-order valence-electron chi connectivity index (χ0n) is 16.9. The molecule has 1 heterocycles. The molecule has 1 unspecified atom stereocenters. The molecular formula is C23H23F3N2O2. The Bertz CT molecular complexity index is 1040. The predicted octanol–water partition coefficient (Wildman–Crippen LogP) is 6.06. The predicted molar refractivity (Wildman–Crippen MR) is 108 cm³/mol. The zero-order chi connectivity index (χ0) is 22.1. The SMILES string of the molecule is CC(C)c1c(C(=O)O)c(CC(C)c2ccccc2)nn1-c1ccccc1C(F)(F)F. The van der Waals surface area contributed by atoms with E-state index in [0.717, 1.165) is 16.3 Å². The fourth-order valence-corrected chi connectivity index (χ4v) is 3.66. The van der Waals surface area contributed by atoms with E-state index in [1.807, 2.05) is 37.3 Å². The van der Waals surface area contributed by atoms with Crippen LogP contribution in [0.2, 0.25) is 0 Å². The summed E-state index contributed by atoms with van der Waals surface area (Å²) in [4.78, 5) is 12.1. The third kappa shape index (κ3) is 4.25. The third-order valence-electron chi connectivity index (χ3n) is 5.06. The summed E-state index contributed by atoms with van der Waals surface area (Å²) in [6.07, 6.45) is -4.29. The molecule has 1 aromatic heterocycles. The van der Waals surface area contributed by atoms with E-state index >= 15 is 0 Å². The van der Waals surface area contributed by atoms with Crippen molar-refractivity contribution in [1.29, 1.82) is 0 Å². The molecule has 0 amide bonds. The highest BCUT2D eigenvalue weighted by atomic mass is 19.4. The number of rotatable bonds is 6. The minimum atomic E-state index is -4.59. The average Bonchev–Trinajstić information content (AvgIpc) is 3.07. The van der Waals surface area contributed by atoms with Crippen LogP contribution in [0.4, 0.5) is 13.2 Å². The largest absolute Gasteiger partial charge is 0.478 e. The first-order valence-electron chi connectivity index (χ1n) is 9.67. The maximum absolute atomic E-state index is 13.6. The molecule has 0 saturated carbocycles. The second-order valence-corrected chi connectivity index (χ2v) is 7.61. The molecule has 2 aromatic carbocycles. The van der Waals surface area contributed by atoms with Crippen molar-refractivity contribution in [1.82, 2.24) is 9.78 Å². The van der Waals surface area contributed by atoms with Gasteiger partial charge in [-0.15, -0.1) is 0 Å². The van der Waals surface area contributed by atoms with E-state index in [1.54, 1.807) is 13.8 Å². The molecule has 0 aliphatic rings. The van der Waals surface area contributed by atoms with Gasteiger partial charge in [0.1, 0.15) is 5.56 Å². The van der Waals surface area contributed by atoms with Crippen LogP contribution in [-0.2, 0) is 12.6 Å². The van der Waals surface area contributed by atoms with Crippen LogP contribution in [0.15, 0.2) is 54.6 Å². The van der Waals surface area contributed by atoms with Crippen molar-refractivity contribution in [3.63, 3.8) is 0 Å². The molecule has 7 heteroatoms. The van der Waals surface area contributed by atoms with Gasteiger partial charge in [-0.2, -0.15) is 18.3 Å². The molecule has 0 radical (unpaired) electrons. The van der Waals surface area contributed by atoms with Crippen LogP contribution in [0.25, 0.3) is 5.69 Å². The van der Waals surface area contributed by atoms with E-state index in [2.05, 4.69) is 5.10 Å². The Labute approximate surface area is 173 Å². The Balaban J connectivity index is 2.19. The van der Waals surface area contributed by atoms with Gasteiger partial charge in [-0.25, -0.2) is 9.48 Å². The van der Waals surface area contributed by atoms with E-state index in [1.165, 1.54) is 18.2 Å². The molecule has 1 N–H and O–H groups in total. The van der Waals surface area contributed by atoms with Gasteiger partial charge in [0.15, 0.2) is 0 Å². The van der Waals surface area contributed by atoms with Gasteiger partial charge in [0.05, 0.1) is 22.6 Å². The topological polar surface area (TPSA) is 55.1 Å². The van der Waals surface area contributed by atoms with E-state index in [4.69, 9.17) is 0 Å². The molecule has 0 bridgehead atoms. The number of hydrogen-bond acceptors (Lipinski definition) is 2. The van der Waals surface area contributed by atoms with Crippen LogP contribution in [0.1, 0.15) is 65.5 Å². The lowest BCUT2D eigenvalue weighted by molar-refractivity contribution is -0.137. The molecule has 3 rings (SSSR count). The van der Waals surface area contributed by atoms with E-state index < -0.39 is 17.7 Å². The van der Waals surface area contributed by atoms with E-state index in [9.17, 15) is 23.1 Å². The van der Waals surface area contributed by atoms with Crippen LogP contribution >= 0.6 is 0 Å². The quantitative estimate of drug-likeness (QED) is 0.531. The zero-order valence-corrected chi connectivity index (χ0v) is 16.9. The van der Waals surface area contributed by atoms with Crippen molar-refractivity contribution in [3.8, 4) is 5.69 Å². The van der Waals surface area contributed by atoms with Crippen LogP contribution < -0.4 is 0 Å². The van der Waals surface area contributed by atoms with Gasteiger partial charge in [0.2, 0.25) is 0 Å². The summed E-state index contributed by atoms with van der Waals surface area (Å²) in [5.41, 5.74) is 0.493. The van der Waals surface area contributed by atoms with Crippen LogP contribution in [-0.4, -0.2) is 20.9 Å². The van der Waals surface area contributed by atoms with E-state index in [0.29, 0.717) is 6.42 Å². The molecule has 3 aromatic rings. The molecule has 4 nitrogen and oxygen atoms in total. The fraction of sp³-hybridized carbons (Fsp3) is 0.304. The highest BCUT2D eigenvalue weighted by Crippen LogP contribution is 2.36. The summed E-state index contributed by atoms with van der Waals surface area (Å²) < 4.78 is 42.0. The molecule has 158 valence electrons. The number of carbonyl (C=O) groups is 1. The van der Waals surface area contributed by atoms with Crippen LogP contribution in [0.5, 0.6) is 0 Å². The number of halogens is 3. The number of benzene rings is 2. The summed E-state index contributed by atoms with van der Waals surface area (Å²) >= 11 is 0. The standard InChI is InChI=1S/C23H23F3N2O2/c1-14(2)21-20(22(29)30)18(13-15(3)16-9-5-4-6-10-16)27-28(21)19-12-8-7-11-17(19)23(24,25)26/h4-12,14-15H,13H2,1-3H3,(H,29,30). The lowest BCUT2D eigenvalue weighted by Gasteiger charge is -2.16. The molecule has 0 aliphatic heterocycles. The normalized spacial score (nSPS) is 12.9. The number of nitrogens with zero attached hydrogens (tertiary/aromatic N) is 2. The first-order valence-corrected chi connectivity index (χ1v) is 9.67. The summed E-state index contributed by atoms with van der Waals surface area (Å²) in [5.74, 6) is -1.58. The number of hydrogen-bond donors (Lipinski definition) is 1. The van der Waals surface area contributed by atoms with Crippen LogP contribution in [0.3, 0.4) is 0 Å². The van der Waals surface area contributed by atoms with Crippen molar-refractivity contribution < 1.29 is 23.1 Å². The minimum absolute atomic E-state index is 0.0234. The Morgan fingerprint density at radius 3 is 2.20 bits per heavy atom. The molecular weight excluding hydrogens is 393 g/mol. The second-order valence-electron chi connectivity index (χ2n) is 7.61. The first kappa shape index (κ1) is 21.6. The lowest BCUT2D eigenvalue weighted by atomic mass is 9.93. The van der Waals surface area contributed by atoms with Crippen molar-refractivity contribution in [2.75, 3.05) is 0 Å². The van der Waals surface area contributed by atoms with Crippen molar-refractivity contribution in [3.05, 3.63) is 82.7 Å². The van der Waals surface area contributed by atoms with Gasteiger partial charge in [-0.1, -0.05) is 63.2 Å². The number of carboxylic acid groups (broad SMARTS) is 1. The summed E-state index contributed by atoms with van der Waals surface area (Å²) in [6.45, 7) is 5.44. The highest BCUT2D eigenvalue weighted by molar-refractivity contribution is 5.91. The summed E-state index contributed by atoms with van der Waals surface area (Å²) in [7, 11) is 0. The van der Waals surface area contributed by atoms with Gasteiger partial charge in [0, 0.05) is 0 Å². The highest BCUT2D eigenvalue weighted by Gasteiger charge is 2.36. The summed E-state index contributed by atoms with van der Waals surface area (Å²) in [5, 5.41) is 14.3. The van der Waals surface area contributed by atoms with Gasteiger partial charge in [-0.05, 0) is 36.0 Å². The Morgan fingerprint density at radius 2 is 1.63 bits per heavy atom. The van der Waals surface area contributed by atoms with Crippen LogP contribution in [0, 0.1) is 0 Å². The van der Waals surface area contributed by atoms with Crippen molar-refractivity contribution in [2.24, 2.45) is 0 Å². The minimum Gasteiger partial charge on any atom is -0.478 e. The Hall–Kier alpha value is -3.09. The van der Waals surface area contributed by atoms with Gasteiger partial charge in [-0.3, -0.25) is 0 Å². The van der Waals surface area contributed by atoms with Gasteiger partial charge >= 0.3 is 12.1 Å². The number of carboxylic acids is 1. The second kappa shape index (κ2) is 8.34. The molecule has 0 spiro atoms. The summed E-state index contributed by atoms with van der Waals surface area (Å²) in [6, 6.07) is 14.6. The molecule has 1 atom stereocenters. The third-order valence-corrected chi connectivity index (χ3v) is 5.06. The van der Waals surface area contributed by atoms with Gasteiger partial charge in [0.25, 0.3) is 0 Å². The molecule has 30 heavy (non-hydrogen) atoms. The van der Waals surface area contributed by atoms with E-state index in [-0.39, 0.29) is 34.5 Å². The lowest BCUT2D eigenvalue weighted by Crippen LogP contribution is -2.14. The number of alkyl halides is 3. The first-order chi connectivity index (χ1) is 14.1. The number of aromatic nitrogens is 2. The molecule has 0 fully saturated rings. The number of para-hydroxylation sites is 1. The van der Waals surface area contributed by atoms with Gasteiger partial charge < -0.3 is 5.11 Å². The Kier molecular flexibility index (Phi) is 6.01. The average molecular weight is 416 g/mol. The Morgan fingerprint density at radius 1 is 1.03 bits per heavy atom. The van der Waals surface area contributed by atoms with Crippen molar-refractivity contribution in [2.45, 2.75) is 45.2 Å². The molecule has 0 saturated heterocycles. The van der Waals surface area contributed by atoms with Crippen molar-refractivity contribution >= 4 is 5.97 Å². The number of aromatic carboxylic acids is 1. The fourth-order valence-electron chi connectivity index (χ4n) is 3.66. The smallest absolute Gasteiger partial charge is 0.418 e.